The van der Waals surface area contributed by atoms with Crippen molar-refractivity contribution in [2.45, 2.75) is 6.42 Å². The standard InChI is InChI=1S/C21H20Cl2N2O6/c1-29-13-6-7-15(17(9-13)30-2)24-18(26)11-31-21(28)12-8-19(27)25(10-12)16-5-3-4-14(22)20(16)23/h3-7,9,12H,8,10-11H2,1-2H3,(H,24,26)/t12-/m0/s1. The summed E-state index contributed by atoms with van der Waals surface area (Å²) >= 11 is 12.2. The minimum Gasteiger partial charge on any atom is -0.497 e. The fraction of sp³-hybridized carbons (Fsp3) is 0.286. The van der Waals surface area contributed by atoms with Gasteiger partial charge in [-0.3, -0.25) is 14.4 Å². The molecule has 0 radical (unpaired) electrons. The number of anilines is 2. The van der Waals surface area contributed by atoms with Gasteiger partial charge in [0.2, 0.25) is 5.91 Å². The Morgan fingerprint density at radius 3 is 2.65 bits per heavy atom. The monoisotopic (exact) mass is 466 g/mol. The molecule has 0 unspecified atom stereocenters. The van der Waals surface area contributed by atoms with Crippen LogP contribution >= 0.6 is 23.2 Å². The maximum Gasteiger partial charge on any atom is 0.311 e. The van der Waals surface area contributed by atoms with E-state index < -0.39 is 24.4 Å². The van der Waals surface area contributed by atoms with Crippen LogP contribution in [0.4, 0.5) is 11.4 Å². The molecule has 1 fully saturated rings. The normalized spacial score (nSPS) is 15.5. The predicted octanol–water partition coefficient (Wildman–Crippen LogP) is 3.55. The number of methoxy groups -OCH3 is 2. The number of carbonyl (C=O) groups excluding carboxylic acids is 3. The number of esters is 1. The van der Waals surface area contributed by atoms with Crippen molar-refractivity contribution in [3.8, 4) is 11.5 Å². The zero-order valence-electron chi connectivity index (χ0n) is 16.8. The molecule has 31 heavy (non-hydrogen) atoms. The minimum absolute atomic E-state index is 0.0460. The molecular formula is C21H20Cl2N2O6. The average Bonchev–Trinajstić information content (AvgIpc) is 3.15. The Balaban J connectivity index is 1.57. The number of halogens is 2. The number of ether oxygens (including phenoxy) is 3. The van der Waals surface area contributed by atoms with E-state index in [0.717, 1.165) is 0 Å². The van der Waals surface area contributed by atoms with Gasteiger partial charge in [-0.25, -0.2) is 0 Å². The highest BCUT2D eigenvalue weighted by Gasteiger charge is 2.37. The van der Waals surface area contributed by atoms with Crippen LogP contribution in [0.2, 0.25) is 10.0 Å². The van der Waals surface area contributed by atoms with Gasteiger partial charge in [-0.1, -0.05) is 29.3 Å². The number of benzene rings is 2. The third-order valence-electron chi connectivity index (χ3n) is 4.71. The SMILES string of the molecule is COc1ccc(NC(=O)COC(=O)[C@H]2CC(=O)N(c3cccc(Cl)c3Cl)C2)c(OC)c1. The summed E-state index contributed by atoms with van der Waals surface area (Å²) in [6, 6.07) is 9.80. The van der Waals surface area contributed by atoms with Crippen molar-refractivity contribution in [1.29, 1.82) is 0 Å². The molecule has 1 atom stereocenters. The first-order valence-electron chi connectivity index (χ1n) is 9.27. The molecule has 164 valence electrons. The molecule has 1 aliphatic heterocycles. The van der Waals surface area contributed by atoms with Crippen LogP contribution in [0.5, 0.6) is 11.5 Å². The number of nitrogens with zero attached hydrogens (tertiary/aromatic N) is 1. The van der Waals surface area contributed by atoms with Crippen LogP contribution in [0.15, 0.2) is 36.4 Å². The van der Waals surface area contributed by atoms with Crippen molar-refractivity contribution in [3.05, 3.63) is 46.4 Å². The smallest absolute Gasteiger partial charge is 0.311 e. The van der Waals surface area contributed by atoms with Crippen molar-refractivity contribution >= 4 is 52.4 Å². The Bertz CT molecular complexity index is 1010. The lowest BCUT2D eigenvalue weighted by atomic mass is 10.1. The lowest BCUT2D eigenvalue weighted by Gasteiger charge is -2.18. The summed E-state index contributed by atoms with van der Waals surface area (Å²) < 4.78 is 15.4. The fourth-order valence-corrected chi connectivity index (χ4v) is 3.54. The van der Waals surface area contributed by atoms with Gasteiger partial charge >= 0.3 is 5.97 Å². The summed E-state index contributed by atoms with van der Waals surface area (Å²) in [5.74, 6) is -1.22. The largest absolute Gasteiger partial charge is 0.497 e. The lowest BCUT2D eigenvalue weighted by molar-refractivity contribution is -0.151. The molecule has 0 aliphatic carbocycles. The van der Waals surface area contributed by atoms with E-state index in [1.54, 1.807) is 36.4 Å². The van der Waals surface area contributed by atoms with Crippen molar-refractivity contribution < 1.29 is 28.6 Å². The second-order valence-corrected chi connectivity index (χ2v) is 7.49. The van der Waals surface area contributed by atoms with Gasteiger partial charge in [-0.2, -0.15) is 0 Å². The Labute approximate surface area is 189 Å². The molecule has 2 aromatic carbocycles. The summed E-state index contributed by atoms with van der Waals surface area (Å²) in [5, 5.41) is 3.15. The second-order valence-electron chi connectivity index (χ2n) is 6.70. The number of carbonyl (C=O) groups is 3. The Morgan fingerprint density at radius 1 is 1.16 bits per heavy atom. The van der Waals surface area contributed by atoms with E-state index in [0.29, 0.717) is 27.9 Å². The van der Waals surface area contributed by atoms with Crippen LogP contribution in [-0.4, -0.2) is 45.2 Å². The maximum atomic E-state index is 12.4. The fourth-order valence-electron chi connectivity index (χ4n) is 3.14. The van der Waals surface area contributed by atoms with Crippen LogP contribution in [0.25, 0.3) is 0 Å². The van der Waals surface area contributed by atoms with Gasteiger partial charge in [0.05, 0.1) is 41.6 Å². The Hall–Kier alpha value is -2.97. The van der Waals surface area contributed by atoms with Gasteiger partial charge in [0, 0.05) is 19.0 Å². The molecule has 1 N–H and O–H groups in total. The molecule has 0 saturated carbocycles. The van der Waals surface area contributed by atoms with E-state index in [1.165, 1.54) is 19.1 Å². The summed E-state index contributed by atoms with van der Waals surface area (Å²) in [5.41, 5.74) is 0.834. The van der Waals surface area contributed by atoms with E-state index in [9.17, 15) is 14.4 Å². The van der Waals surface area contributed by atoms with Crippen LogP contribution in [0.3, 0.4) is 0 Å². The summed E-state index contributed by atoms with van der Waals surface area (Å²) in [4.78, 5) is 38.4. The molecule has 10 heteroatoms. The average molecular weight is 467 g/mol. The van der Waals surface area contributed by atoms with Crippen molar-refractivity contribution in [2.24, 2.45) is 5.92 Å². The highest BCUT2D eigenvalue weighted by molar-refractivity contribution is 6.44. The van der Waals surface area contributed by atoms with E-state index in [-0.39, 0.29) is 23.9 Å². The number of nitrogens with one attached hydrogen (secondary N) is 1. The van der Waals surface area contributed by atoms with Gasteiger partial charge in [-0.05, 0) is 24.3 Å². The number of rotatable bonds is 7. The topological polar surface area (TPSA) is 94.2 Å². The van der Waals surface area contributed by atoms with Gasteiger partial charge in [0.1, 0.15) is 11.5 Å². The number of hydrogen-bond acceptors (Lipinski definition) is 6. The molecule has 0 aromatic heterocycles. The number of hydrogen-bond donors (Lipinski definition) is 1. The van der Waals surface area contributed by atoms with Gasteiger partial charge in [0.15, 0.2) is 6.61 Å². The molecule has 2 amide bonds. The Kier molecular flexibility index (Phi) is 7.25. The molecule has 8 nitrogen and oxygen atoms in total. The summed E-state index contributed by atoms with van der Waals surface area (Å²) in [6.07, 6.45) is -0.0460. The highest BCUT2D eigenvalue weighted by atomic mass is 35.5. The van der Waals surface area contributed by atoms with E-state index >= 15 is 0 Å². The highest BCUT2D eigenvalue weighted by Crippen LogP contribution is 2.36. The van der Waals surface area contributed by atoms with Crippen LogP contribution < -0.4 is 19.7 Å². The lowest BCUT2D eigenvalue weighted by Crippen LogP contribution is -2.28. The zero-order valence-corrected chi connectivity index (χ0v) is 18.3. The van der Waals surface area contributed by atoms with E-state index in [1.807, 2.05) is 0 Å². The van der Waals surface area contributed by atoms with E-state index in [4.69, 9.17) is 37.4 Å². The maximum absolute atomic E-state index is 12.4. The first-order valence-corrected chi connectivity index (χ1v) is 10.0. The molecule has 1 aliphatic rings. The first-order chi connectivity index (χ1) is 14.8. The van der Waals surface area contributed by atoms with Crippen molar-refractivity contribution in [2.75, 3.05) is 37.6 Å². The third-order valence-corrected chi connectivity index (χ3v) is 5.52. The molecule has 0 bridgehead atoms. The summed E-state index contributed by atoms with van der Waals surface area (Å²) in [6.45, 7) is -0.414. The van der Waals surface area contributed by atoms with Crippen molar-refractivity contribution in [3.63, 3.8) is 0 Å². The Morgan fingerprint density at radius 2 is 1.94 bits per heavy atom. The predicted molar refractivity (Wildman–Crippen MR) is 116 cm³/mol. The quantitative estimate of drug-likeness (QED) is 0.627. The molecule has 0 spiro atoms. The van der Waals surface area contributed by atoms with Crippen molar-refractivity contribution in [1.82, 2.24) is 0 Å². The van der Waals surface area contributed by atoms with E-state index in [2.05, 4.69) is 5.32 Å². The second kappa shape index (κ2) is 9.89. The van der Waals surface area contributed by atoms with Gasteiger partial charge in [-0.15, -0.1) is 0 Å². The molecular weight excluding hydrogens is 447 g/mol. The molecule has 3 rings (SSSR count). The third kappa shape index (κ3) is 5.21. The van der Waals surface area contributed by atoms with Crippen LogP contribution in [0, 0.1) is 5.92 Å². The zero-order chi connectivity index (χ0) is 22.5. The molecule has 1 saturated heterocycles. The van der Waals surface area contributed by atoms with Gasteiger partial charge in [0.25, 0.3) is 5.91 Å². The minimum atomic E-state index is -0.717. The molecule has 2 aromatic rings. The first kappa shape index (κ1) is 22.7. The summed E-state index contributed by atoms with van der Waals surface area (Å²) in [7, 11) is 2.97. The molecule has 1 heterocycles. The van der Waals surface area contributed by atoms with Crippen LogP contribution in [-0.2, 0) is 19.1 Å². The van der Waals surface area contributed by atoms with Gasteiger partial charge < -0.3 is 24.4 Å². The number of amides is 2. The van der Waals surface area contributed by atoms with Crippen LogP contribution in [0.1, 0.15) is 6.42 Å².